The summed E-state index contributed by atoms with van der Waals surface area (Å²) in [6.07, 6.45) is 5.58. The summed E-state index contributed by atoms with van der Waals surface area (Å²) in [4.78, 5) is 21.7. The Morgan fingerprint density at radius 1 is 1.19 bits per heavy atom. The second kappa shape index (κ2) is 6.84. The van der Waals surface area contributed by atoms with Gasteiger partial charge in [-0.25, -0.2) is 9.37 Å². The zero-order valence-corrected chi connectivity index (χ0v) is 14.1. The summed E-state index contributed by atoms with van der Waals surface area (Å²) in [6.45, 7) is 0. The summed E-state index contributed by atoms with van der Waals surface area (Å²) in [5.41, 5.74) is 0.877. The summed E-state index contributed by atoms with van der Waals surface area (Å²) in [7, 11) is 0. The van der Waals surface area contributed by atoms with Crippen molar-refractivity contribution in [3.8, 4) is 0 Å². The van der Waals surface area contributed by atoms with Crippen LogP contribution in [0.4, 0.5) is 16.0 Å². The van der Waals surface area contributed by atoms with Crippen molar-refractivity contribution >= 4 is 22.5 Å². The molecule has 0 unspecified atom stereocenters. The van der Waals surface area contributed by atoms with Crippen LogP contribution in [0.25, 0.3) is 10.9 Å². The van der Waals surface area contributed by atoms with E-state index in [1.54, 1.807) is 23.0 Å². The molecule has 0 spiro atoms. The highest BCUT2D eigenvalue weighted by molar-refractivity contribution is 5.79. The molecule has 0 amide bonds. The predicted octanol–water partition coefficient (Wildman–Crippen LogP) is 3.15. The quantitative estimate of drug-likeness (QED) is 0.755. The maximum absolute atomic E-state index is 13.7. The average Bonchev–Trinajstić information content (AvgIpc) is 2.65. The van der Waals surface area contributed by atoms with Crippen LogP contribution in [-0.2, 0) is 0 Å². The summed E-state index contributed by atoms with van der Waals surface area (Å²) < 4.78 is 15.3. The van der Waals surface area contributed by atoms with Gasteiger partial charge < -0.3 is 10.4 Å². The van der Waals surface area contributed by atoms with Gasteiger partial charge in [-0.05, 0) is 56.0 Å². The Morgan fingerprint density at radius 3 is 2.73 bits per heavy atom. The van der Waals surface area contributed by atoms with E-state index in [0.717, 1.165) is 0 Å². The van der Waals surface area contributed by atoms with Gasteiger partial charge >= 0.3 is 0 Å². The van der Waals surface area contributed by atoms with Crippen molar-refractivity contribution in [2.75, 3.05) is 5.32 Å². The molecule has 134 valence electrons. The number of nitrogens with zero attached hydrogens (tertiary/aromatic N) is 3. The summed E-state index contributed by atoms with van der Waals surface area (Å²) in [6, 6.07) is 7.57. The number of hydrogen-bond donors (Lipinski definition) is 2. The Balaban J connectivity index is 1.86. The van der Waals surface area contributed by atoms with Crippen molar-refractivity contribution in [1.29, 1.82) is 0 Å². The highest BCUT2D eigenvalue weighted by atomic mass is 19.1. The smallest absolute Gasteiger partial charge is 0.263 e. The van der Waals surface area contributed by atoms with Gasteiger partial charge in [-0.2, -0.15) is 0 Å². The molecule has 4 rings (SSSR count). The molecular weight excluding hydrogens is 335 g/mol. The van der Waals surface area contributed by atoms with Gasteiger partial charge in [0, 0.05) is 12.2 Å². The number of hydrogen-bond acceptors (Lipinski definition) is 5. The molecule has 2 heterocycles. The van der Waals surface area contributed by atoms with Gasteiger partial charge in [-0.1, -0.05) is 0 Å². The van der Waals surface area contributed by atoms with Gasteiger partial charge in [-0.3, -0.25) is 14.3 Å². The molecule has 0 radical (unpaired) electrons. The topological polar surface area (TPSA) is 80.0 Å². The van der Waals surface area contributed by atoms with Crippen molar-refractivity contribution < 1.29 is 9.50 Å². The fourth-order valence-electron chi connectivity index (χ4n) is 3.48. The van der Waals surface area contributed by atoms with Crippen LogP contribution in [0.15, 0.2) is 47.5 Å². The molecular formula is C19H19FN4O2. The molecule has 2 aromatic heterocycles. The normalized spacial score (nSPS) is 20.2. The van der Waals surface area contributed by atoms with E-state index < -0.39 is 5.82 Å². The summed E-state index contributed by atoms with van der Waals surface area (Å²) >= 11 is 0. The second-order valence-electron chi connectivity index (χ2n) is 6.60. The summed E-state index contributed by atoms with van der Waals surface area (Å²) in [5.74, 6) is -0.0570. The predicted molar refractivity (Wildman–Crippen MR) is 97.0 cm³/mol. The van der Waals surface area contributed by atoms with Gasteiger partial charge in [0.2, 0.25) is 5.95 Å². The number of pyridine rings is 1. The van der Waals surface area contributed by atoms with E-state index in [-0.39, 0.29) is 23.1 Å². The lowest BCUT2D eigenvalue weighted by Crippen LogP contribution is -2.31. The Labute approximate surface area is 149 Å². The lowest BCUT2D eigenvalue weighted by atomic mass is 9.93. The van der Waals surface area contributed by atoms with E-state index in [0.29, 0.717) is 42.8 Å². The molecule has 3 aromatic rings. The first-order valence-corrected chi connectivity index (χ1v) is 8.69. The number of aliphatic hydroxyl groups excluding tert-OH is 1. The van der Waals surface area contributed by atoms with Crippen molar-refractivity contribution in [3.63, 3.8) is 0 Å². The van der Waals surface area contributed by atoms with Crippen LogP contribution in [0.1, 0.15) is 31.7 Å². The molecule has 2 N–H and O–H groups in total. The minimum absolute atomic E-state index is 0.0924. The number of halogens is 1. The SMILES string of the molecule is O=c1c2cc(F)ccc2nc(Nc2cccnc2)n1[C@H]1CC[C@H](O)CC1. The Hall–Kier alpha value is -2.80. The van der Waals surface area contributed by atoms with E-state index in [4.69, 9.17) is 0 Å². The van der Waals surface area contributed by atoms with Crippen LogP contribution < -0.4 is 10.9 Å². The van der Waals surface area contributed by atoms with E-state index in [1.807, 2.05) is 6.07 Å². The number of aliphatic hydroxyl groups is 1. The standard InChI is InChI=1S/C19H19FN4O2/c20-12-3-8-17-16(10-12)18(26)24(14-4-6-15(25)7-5-14)19(23-17)22-13-2-1-9-21-11-13/h1-3,8-11,14-15,25H,4-7H2,(H,22,23)/t14-,15-. The number of nitrogens with one attached hydrogen (secondary N) is 1. The van der Waals surface area contributed by atoms with Crippen LogP contribution in [0, 0.1) is 5.82 Å². The zero-order chi connectivity index (χ0) is 18.1. The molecule has 0 atom stereocenters. The van der Waals surface area contributed by atoms with E-state index in [9.17, 15) is 14.3 Å². The molecule has 26 heavy (non-hydrogen) atoms. The van der Waals surface area contributed by atoms with Crippen molar-refractivity contribution in [1.82, 2.24) is 14.5 Å². The van der Waals surface area contributed by atoms with E-state index in [2.05, 4.69) is 15.3 Å². The molecule has 1 aliphatic rings. The zero-order valence-electron chi connectivity index (χ0n) is 14.1. The fourth-order valence-corrected chi connectivity index (χ4v) is 3.48. The van der Waals surface area contributed by atoms with E-state index in [1.165, 1.54) is 18.2 Å². The second-order valence-corrected chi connectivity index (χ2v) is 6.60. The van der Waals surface area contributed by atoms with Crippen LogP contribution in [-0.4, -0.2) is 25.7 Å². The van der Waals surface area contributed by atoms with Crippen LogP contribution in [0.5, 0.6) is 0 Å². The van der Waals surface area contributed by atoms with Crippen molar-refractivity contribution in [3.05, 3.63) is 58.9 Å². The average molecular weight is 354 g/mol. The molecule has 1 aliphatic carbocycles. The molecule has 1 saturated carbocycles. The fraction of sp³-hybridized carbons (Fsp3) is 0.316. The number of fused-ring (bicyclic) bond motifs is 1. The minimum Gasteiger partial charge on any atom is -0.393 e. The van der Waals surface area contributed by atoms with Crippen LogP contribution in [0.2, 0.25) is 0 Å². The van der Waals surface area contributed by atoms with Gasteiger partial charge in [-0.15, -0.1) is 0 Å². The van der Waals surface area contributed by atoms with Gasteiger partial charge in [0.25, 0.3) is 5.56 Å². The van der Waals surface area contributed by atoms with Crippen molar-refractivity contribution in [2.24, 2.45) is 0 Å². The monoisotopic (exact) mass is 354 g/mol. The largest absolute Gasteiger partial charge is 0.393 e. The highest BCUT2D eigenvalue weighted by Gasteiger charge is 2.25. The third-order valence-corrected chi connectivity index (χ3v) is 4.81. The van der Waals surface area contributed by atoms with E-state index >= 15 is 0 Å². The molecule has 0 bridgehead atoms. The Bertz CT molecular complexity index is 982. The highest BCUT2D eigenvalue weighted by Crippen LogP contribution is 2.30. The maximum atomic E-state index is 13.7. The maximum Gasteiger partial charge on any atom is 0.263 e. The molecule has 7 heteroatoms. The molecule has 0 saturated heterocycles. The lowest BCUT2D eigenvalue weighted by molar-refractivity contribution is 0.110. The first-order valence-electron chi connectivity index (χ1n) is 8.69. The third kappa shape index (κ3) is 3.17. The van der Waals surface area contributed by atoms with Gasteiger partial charge in [0.1, 0.15) is 5.82 Å². The number of rotatable bonds is 3. The molecule has 0 aliphatic heterocycles. The number of aromatic nitrogens is 3. The Morgan fingerprint density at radius 2 is 2.00 bits per heavy atom. The first-order chi connectivity index (χ1) is 12.6. The number of benzene rings is 1. The van der Waals surface area contributed by atoms with Crippen LogP contribution >= 0.6 is 0 Å². The first kappa shape index (κ1) is 16.7. The number of anilines is 2. The van der Waals surface area contributed by atoms with Gasteiger partial charge in [0.05, 0.1) is 28.9 Å². The summed E-state index contributed by atoms with van der Waals surface area (Å²) in [5, 5.41) is 13.2. The van der Waals surface area contributed by atoms with Crippen LogP contribution in [0.3, 0.4) is 0 Å². The lowest BCUT2D eigenvalue weighted by Gasteiger charge is -2.29. The molecule has 1 fully saturated rings. The molecule has 6 nitrogen and oxygen atoms in total. The third-order valence-electron chi connectivity index (χ3n) is 4.81. The van der Waals surface area contributed by atoms with Crippen molar-refractivity contribution in [2.45, 2.75) is 37.8 Å². The molecule has 1 aromatic carbocycles. The Kier molecular flexibility index (Phi) is 4.38. The van der Waals surface area contributed by atoms with Gasteiger partial charge in [0.15, 0.2) is 0 Å². The minimum atomic E-state index is -0.463.